The fourth-order valence-electron chi connectivity index (χ4n) is 1.74. The van der Waals surface area contributed by atoms with Crippen LogP contribution in [0.15, 0.2) is 0 Å². The predicted molar refractivity (Wildman–Crippen MR) is 66.4 cm³/mol. The van der Waals surface area contributed by atoms with Gasteiger partial charge in [-0.2, -0.15) is 0 Å². The van der Waals surface area contributed by atoms with E-state index in [2.05, 4.69) is 10.6 Å². The number of rotatable bonds is 4. The van der Waals surface area contributed by atoms with Crippen LogP contribution >= 0.6 is 0 Å². The van der Waals surface area contributed by atoms with E-state index in [9.17, 15) is 9.59 Å². The number of ether oxygens (including phenoxy) is 1. The summed E-state index contributed by atoms with van der Waals surface area (Å²) in [5, 5.41) is 14.4. The summed E-state index contributed by atoms with van der Waals surface area (Å²) in [6.45, 7) is 5.87. The summed E-state index contributed by atoms with van der Waals surface area (Å²) in [5.74, 6) is -0.928. The van der Waals surface area contributed by atoms with Gasteiger partial charge in [-0.1, -0.05) is 0 Å². The monoisotopic (exact) mass is 258 g/mol. The summed E-state index contributed by atoms with van der Waals surface area (Å²) >= 11 is 0. The van der Waals surface area contributed by atoms with E-state index >= 15 is 0 Å². The summed E-state index contributed by atoms with van der Waals surface area (Å²) in [4.78, 5) is 22.5. The maximum atomic E-state index is 11.6. The second-order valence-corrected chi connectivity index (χ2v) is 5.42. The Bertz CT molecular complexity index is 317. The second-order valence-electron chi connectivity index (χ2n) is 5.42. The van der Waals surface area contributed by atoms with Crippen molar-refractivity contribution in [1.29, 1.82) is 0 Å². The number of carboxylic acids is 1. The molecule has 104 valence electrons. The van der Waals surface area contributed by atoms with Crippen molar-refractivity contribution in [3.63, 3.8) is 0 Å². The third-order valence-electron chi connectivity index (χ3n) is 3.09. The van der Waals surface area contributed by atoms with Crippen molar-refractivity contribution in [2.24, 2.45) is 5.41 Å². The molecule has 0 aliphatic carbocycles. The Morgan fingerprint density at radius 1 is 1.44 bits per heavy atom. The largest absolute Gasteiger partial charge is 0.481 e. The van der Waals surface area contributed by atoms with Crippen LogP contribution in [0.4, 0.5) is 4.79 Å². The maximum absolute atomic E-state index is 11.6. The Hall–Kier alpha value is -1.30. The molecule has 6 nitrogen and oxygen atoms in total. The minimum absolute atomic E-state index is 0.0988. The molecule has 1 rings (SSSR count). The van der Waals surface area contributed by atoms with Gasteiger partial charge in [-0.05, 0) is 33.6 Å². The Balaban J connectivity index is 2.31. The van der Waals surface area contributed by atoms with Gasteiger partial charge in [-0.15, -0.1) is 0 Å². The lowest BCUT2D eigenvalue weighted by Crippen LogP contribution is -2.48. The van der Waals surface area contributed by atoms with Crippen LogP contribution < -0.4 is 10.6 Å². The Morgan fingerprint density at radius 2 is 2.11 bits per heavy atom. The summed E-state index contributed by atoms with van der Waals surface area (Å²) in [7, 11) is 0. The molecule has 1 aliphatic heterocycles. The van der Waals surface area contributed by atoms with E-state index < -0.39 is 11.4 Å². The first-order valence-electron chi connectivity index (χ1n) is 6.20. The molecule has 2 amide bonds. The number of hydrogen-bond acceptors (Lipinski definition) is 3. The third kappa shape index (κ3) is 4.52. The Kier molecular flexibility index (Phi) is 4.95. The van der Waals surface area contributed by atoms with Gasteiger partial charge in [0.25, 0.3) is 0 Å². The number of carboxylic acid groups (broad SMARTS) is 1. The van der Waals surface area contributed by atoms with Gasteiger partial charge in [-0.25, -0.2) is 4.79 Å². The van der Waals surface area contributed by atoms with E-state index in [-0.39, 0.29) is 24.7 Å². The van der Waals surface area contributed by atoms with Gasteiger partial charge < -0.3 is 20.5 Å². The first-order chi connectivity index (χ1) is 8.31. The van der Waals surface area contributed by atoms with E-state index in [4.69, 9.17) is 9.84 Å². The molecule has 0 aromatic heterocycles. The summed E-state index contributed by atoms with van der Waals surface area (Å²) in [6.07, 6.45) is 1.73. The molecule has 6 heteroatoms. The number of hydrogen-bond donors (Lipinski definition) is 3. The number of nitrogens with one attached hydrogen (secondary N) is 2. The molecule has 0 spiro atoms. The van der Waals surface area contributed by atoms with Crippen molar-refractivity contribution in [3.05, 3.63) is 0 Å². The molecule has 2 unspecified atom stereocenters. The molecule has 1 saturated heterocycles. The van der Waals surface area contributed by atoms with Gasteiger partial charge in [-0.3, -0.25) is 4.79 Å². The molecule has 2 atom stereocenters. The highest BCUT2D eigenvalue weighted by Gasteiger charge is 2.28. The molecule has 0 aromatic rings. The highest BCUT2D eigenvalue weighted by atomic mass is 16.5. The summed E-state index contributed by atoms with van der Waals surface area (Å²) in [6, 6.07) is -0.217. The normalized spacial score (nSPS) is 24.4. The molecule has 0 aromatic carbocycles. The zero-order chi connectivity index (χ0) is 13.8. The highest BCUT2D eigenvalue weighted by Crippen LogP contribution is 2.14. The van der Waals surface area contributed by atoms with E-state index in [1.54, 1.807) is 13.8 Å². The van der Waals surface area contributed by atoms with E-state index in [1.165, 1.54) is 0 Å². The van der Waals surface area contributed by atoms with Crippen LogP contribution in [0.5, 0.6) is 0 Å². The van der Waals surface area contributed by atoms with Crippen LogP contribution in [0.25, 0.3) is 0 Å². The van der Waals surface area contributed by atoms with Crippen LogP contribution in [-0.2, 0) is 9.53 Å². The zero-order valence-corrected chi connectivity index (χ0v) is 11.2. The third-order valence-corrected chi connectivity index (χ3v) is 3.09. The van der Waals surface area contributed by atoms with Crippen LogP contribution in [0.3, 0.4) is 0 Å². The van der Waals surface area contributed by atoms with Crippen molar-refractivity contribution < 1.29 is 19.4 Å². The van der Waals surface area contributed by atoms with Gasteiger partial charge in [0.05, 0.1) is 11.5 Å². The molecular formula is C12H22N2O4. The smallest absolute Gasteiger partial charge is 0.315 e. The standard InChI is InChI=1S/C12H22N2O4/c1-8-6-9(4-5-18-8)14-11(17)13-7-12(2,3)10(15)16/h8-9H,4-7H2,1-3H3,(H,15,16)(H2,13,14,17). The van der Waals surface area contributed by atoms with Crippen LogP contribution in [0, 0.1) is 5.41 Å². The zero-order valence-electron chi connectivity index (χ0n) is 11.2. The molecule has 18 heavy (non-hydrogen) atoms. The number of carbonyl (C=O) groups excluding carboxylic acids is 1. The molecule has 1 fully saturated rings. The average molecular weight is 258 g/mol. The minimum Gasteiger partial charge on any atom is -0.481 e. The Labute approximate surface area is 107 Å². The van der Waals surface area contributed by atoms with Crippen LogP contribution in [-0.4, -0.2) is 42.4 Å². The van der Waals surface area contributed by atoms with Crippen molar-refractivity contribution in [2.45, 2.75) is 45.8 Å². The molecule has 1 aliphatic rings. The minimum atomic E-state index is -0.958. The molecule has 0 bridgehead atoms. The fraction of sp³-hybridized carbons (Fsp3) is 0.833. The SMILES string of the molecule is CC1CC(NC(=O)NCC(C)(C)C(=O)O)CCO1. The fourth-order valence-corrected chi connectivity index (χ4v) is 1.74. The molecule has 1 heterocycles. The van der Waals surface area contributed by atoms with Gasteiger partial charge in [0, 0.05) is 19.2 Å². The topological polar surface area (TPSA) is 87.7 Å². The lowest BCUT2D eigenvalue weighted by Gasteiger charge is -2.28. The molecule has 3 N–H and O–H groups in total. The number of aliphatic carboxylic acids is 1. The van der Waals surface area contributed by atoms with Gasteiger partial charge in [0.2, 0.25) is 0 Å². The van der Waals surface area contributed by atoms with Crippen molar-refractivity contribution in [1.82, 2.24) is 10.6 Å². The van der Waals surface area contributed by atoms with Gasteiger partial charge >= 0.3 is 12.0 Å². The van der Waals surface area contributed by atoms with Crippen molar-refractivity contribution in [3.8, 4) is 0 Å². The van der Waals surface area contributed by atoms with Crippen LogP contribution in [0.2, 0.25) is 0 Å². The average Bonchev–Trinajstić information content (AvgIpc) is 2.26. The van der Waals surface area contributed by atoms with Crippen LogP contribution in [0.1, 0.15) is 33.6 Å². The molecular weight excluding hydrogens is 236 g/mol. The molecule has 0 radical (unpaired) electrons. The van der Waals surface area contributed by atoms with E-state index in [0.717, 1.165) is 12.8 Å². The number of urea groups is 1. The quantitative estimate of drug-likeness (QED) is 0.701. The predicted octanol–water partition coefficient (Wildman–Crippen LogP) is 0.964. The van der Waals surface area contributed by atoms with Crippen molar-refractivity contribution in [2.75, 3.05) is 13.2 Å². The Morgan fingerprint density at radius 3 is 2.67 bits per heavy atom. The molecule has 0 saturated carbocycles. The van der Waals surface area contributed by atoms with E-state index in [1.807, 2.05) is 6.92 Å². The highest BCUT2D eigenvalue weighted by molar-refractivity contribution is 5.77. The van der Waals surface area contributed by atoms with E-state index in [0.29, 0.717) is 6.61 Å². The first-order valence-corrected chi connectivity index (χ1v) is 6.20. The van der Waals surface area contributed by atoms with Gasteiger partial charge in [0.15, 0.2) is 0 Å². The lowest BCUT2D eigenvalue weighted by atomic mass is 9.94. The van der Waals surface area contributed by atoms with Gasteiger partial charge in [0.1, 0.15) is 0 Å². The maximum Gasteiger partial charge on any atom is 0.315 e. The first kappa shape index (κ1) is 14.8. The second kappa shape index (κ2) is 6.04. The number of amides is 2. The lowest BCUT2D eigenvalue weighted by molar-refractivity contribution is -0.146. The summed E-state index contributed by atoms with van der Waals surface area (Å²) < 4.78 is 5.39. The summed E-state index contributed by atoms with van der Waals surface area (Å²) in [5.41, 5.74) is -0.958. The van der Waals surface area contributed by atoms with Crippen molar-refractivity contribution >= 4 is 12.0 Å². The number of carbonyl (C=O) groups is 2.